The molecule has 0 radical (unpaired) electrons. The molecule has 0 atom stereocenters. The zero-order chi connectivity index (χ0) is 44.7. The molecule has 12 rings (SSSR count). The van der Waals surface area contributed by atoms with Gasteiger partial charge in [0.2, 0.25) is 17.7 Å². The van der Waals surface area contributed by atoms with Gasteiger partial charge >= 0.3 is 25.8 Å². The molecule has 0 fully saturated rings. The summed E-state index contributed by atoms with van der Waals surface area (Å²) < 4.78 is 21.9. The molecular formula is C55H40N3O7Sc. The quantitative estimate of drug-likeness (QED) is 0.163. The standard InChI is InChI=1S/3C17H11NO2.C4H10O.Sc/c3*19-15-10-12-6-2-1-5-11(12)9-13(15)17-18-14-7-3-4-8-16(14)20-17;1-3-5-4-2;/h3*1-10,19H;3-4H2,1-2H3;/q;;;;+3/p-3. The van der Waals surface area contributed by atoms with Gasteiger partial charge in [0.1, 0.15) is 16.6 Å². The molecule has 0 amide bonds. The first-order chi connectivity index (χ1) is 31.8. The minimum Gasteiger partial charge on any atom is -0.872 e. The molecule has 11 heteroatoms. The van der Waals surface area contributed by atoms with Gasteiger partial charge in [-0.3, -0.25) is 0 Å². The Hall–Kier alpha value is -7.60. The van der Waals surface area contributed by atoms with Crippen molar-refractivity contribution in [3.63, 3.8) is 0 Å². The second-order valence-electron chi connectivity index (χ2n) is 14.8. The third kappa shape index (κ3) is 9.87. The molecule has 66 heavy (non-hydrogen) atoms. The first-order valence-corrected chi connectivity index (χ1v) is 21.1. The predicted molar refractivity (Wildman–Crippen MR) is 251 cm³/mol. The van der Waals surface area contributed by atoms with E-state index in [1.165, 1.54) is 0 Å². The van der Waals surface area contributed by atoms with E-state index in [-0.39, 0.29) is 43.1 Å². The third-order valence-corrected chi connectivity index (χ3v) is 10.5. The van der Waals surface area contributed by atoms with E-state index < -0.39 is 0 Å². The Morgan fingerprint density at radius 2 is 0.606 bits per heavy atom. The van der Waals surface area contributed by atoms with Gasteiger partial charge < -0.3 is 33.3 Å². The minimum atomic E-state index is -0.0738. The van der Waals surface area contributed by atoms with Crippen LogP contribution < -0.4 is 15.3 Å². The average molecular weight is 900 g/mol. The fraction of sp³-hybridized carbons (Fsp3) is 0.0727. The molecule has 0 aliphatic heterocycles. The summed E-state index contributed by atoms with van der Waals surface area (Å²) in [7, 11) is 0. The largest absolute Gasteiger partial charge is 3.00 e. The number of fused-ring (bicyclic) bond motifs is 6. The second kappa shape index (κ2) is 20.5. The Bertz CT molecular complexity index is 3110. The molecule has 10 nitrogen and oxygen atoms in total. The minimum absolute atomic E-state index is 0. The molecule has 0 saturated heterocycles. The van der Waals surface area contributed by atoms with Gasteiger partial charge in [0.05, 0.1) is 0 Å². The van der Waals surface area contributed by atoms with E-state index in [2.05, 4.69) is 15.0 Å². The maximum absolute atomic E-state index is 12.2. The zero-order valence-electron chi connectivity index (χ0n) is 36.0. The Morgan fingerprint density at radius 1 is 0.364 bits per heavy atom. The SMILES string of the molecule is CCOCC.[O-]c1cc2ccccc2cc1-c1nc2ccccc2o1.[O-]c1cc2ccccc2cc1-c1nc2ccccc2o1.[O-]c1cc2ccccc2cc1-c1nc2ccccc2o1.[Sc+3]. The molecule has 12 aromatic rings. The Balaban J connectivity index is 0.000000127. The summed E-state index contributed by atoms with van der Waals surface area (Å²) in [6.07, 6.45) is 0. The van der Waals surface area contributed by atoms with Gasteiger partial charge in [-0.05, 0) is 101 Å². The van der Waals surface area contributed by atoms with Crippen LogP contribution in [0.1, 0.15) is 13.8 Å². The summed E-state index contributed by atoms with van der Waals surface area (Å²) in [5.41, 5.74) is 5.85. The summed E-state index contributed by atoms with van der Waals surface area (Å²) in [5, 5.41) is 42.4. The summed E-state index contributed by atoms with van der Waals surface area (Å²) >= 11 is 0. The van der Waals surface area contributed by atoms with Crippen molar-refractivity contribution in [1.82, 2.24) is 15.0 Å². The van der Waals surface area contributed by atoms with Crippen molar-refractivity contribution in [1.29, 1.82) is 0 Å². The topological polar surface area (TPSA) is 156 Å². The number of hydrogen-bond donors (Lipinski definition) is 0. The van der Waals surface area contributed by atoms with E-state index in [4.69, 9.17) is 18.0 Å². The molecule has 0 spiro atoms. The van der Waals surface area contributed by atoms with Crippen molar-refractivity contribution < 1.29 is 59.2 Å². The Kier molecular flexibility index (Phi) is 14.0. The summed E-state index contributed by atoms with van der Waals surface area (Å²) in [6, 6.07) is 56.1. The fourth-order valence-corrected chi connectivity index (χ4v) is 7.33. The van der Waals surface area contributed by atoms with Crippen molar-refractivity contribution in [3.8, 4) is 51.6 Å². The molecule has 320 valence electrons. The van der Waals surface area contributed by atoms with E-state index >= 15 is 0 Å². The van der Waals surface area contributed by atoms with E-state index in [9.17, 15) is 15.3 Å². The second-order valence-corrected chi connectivity index (χ2v) is 14.8. The van der Waals surface area contributed by atoms with Gasteiger partial charge in [-0.25, -0.2) is 15.0 Å². The number of rotatable bonds is 5. The van der Waals surface area contributed by atoms with Crippen LogP contribution in [0.4, 0.5) is 0 Å². The van der Waals surface area contributed by atoms with Crippen LogP contribution in [-0.4, -0.2) is 28.2 Å². The van der Waals surface area contributed by atoms with Crippen LogP contribution in [0.15, 0.2) is 195 Å². The number of aromatic nitrogens is 3. The van der Waals surface area contributed by atoms with Crippen LogP contribution in [0.2, 0.25) is 0 Å². The predicted octanol–water partition coefficient (Wildman–Crippen LogP) is 12.2. The molecule has 0 aliphatic rings. The van der Waals surface area contributed by atoms with Gasteiger partial charge in [0.15, 0.2) is 16.7 Å². The molecule has 0 saturated carbocycles. The number of oxazole rings is 3. The molecule has 3 aromatic heterocycles. The van der Waals surface area contributed by atoms with Crippen LogP contribution >= 0.6 is 0 Å². The van der Waals surface area contributed by atoms with Crippen LogP contribution in [0, 0.1) is 0 Å². The number of para-hydroxylation sites is 6. The van der Waals surface area contributed by atoms with Crippen molar-refractivity contribution in [2.45, 2.75) is 13.8 Å². The van der Waals surface area contributed by atoms with Crippen LogP contribution in [0.5, 0.6) is 17.2 Å². The van der Waals surface area contributed by atoms with Gasteiger partial charge in [-0.1, -0.05) is 145 Å². The van der Waals surface area contributed by atoms with Crippen LogP contribution in [-0.2, 0) is 30.6 Å². The molecular weight excluding hydrogens is 860 g/mol. The monoisotopic (exact) mass is 899 g/mol. The summed E-state index contributed by atoms with van der Waals surface area (Å²) in [4.78, 5) is 13.2. The molecule has 0 unspecified atom stereocenters. The van der Waals surface area contributed by atoms with E-state index in [1.54, 1.807) is 18.2 Å². The molecule has 9 aromatic carbocycles. The van der Waals surface area contributed by atoms with Crippen molar-refractivity contribution >= 4 is 65.6 Å². The van der Waals surface area contributed by atoms with E-state index in [0.717, 1.165) is 62.1 Å². The van der Waals surface area contributed by atoms with E-state index in [1.807, 2.05) is 178 Å². The maximum Gasteiger partial charge on any atom is 3.00 e. The van der Waals surface area contributed by atoms with Crippen molar-refractivity contribution in [2.75, 3.05) is 13.2 Å². The number of hydrogen-bond acceptors (Lipinski definition) is 10. The first-order valence-electron chi connectivity index (χ1n) is 21.1. The molecule has 3 heterocycles. The summed E-state index contributed by atoms with van der Waals surface area (Å²) in [5.74, 6) is 0.909. The van der Waals surface area contributed by atoms with Crippen LogP contribution in [0.3, 0.4) is 0 Å². The average Bonchev–Trinajstić information content (AvgIpc) is 4.09. The fourth-order valence-electron chi connectivity index (χ4n) is 7.33. The zero-order valence-corrected chi connectivity index (χ0v) is 37.8. The number of benzene rings is 9. The molecule has 0 N–H and O–H groups in total. The third-order valence-electron chi connectivity index (χ3n) is 10.5. The Morgan fingerprint density at radius 3 is 0.848 bits per heavy atom. The number of ether oxygens (including phenoxy) is 1. The maximum atomic E-state index is 12.2. The van der Waals surface area contributed by atoms with Crippen molar-refractivity contribution in [2.24, 2.45) is 0 Å². The Labute approximate surface area is 398 Å². The van der Waals surface area contributed by atoms with Gasteiger partial charge in [-0.2, -0.15) is 0 Å². The van der Waals surface area contributed by atoms with Crippen molar-refractivity contribution in [3.05, 3.63) is 182 Å². The van der Waals surface area contributed by atoms with E-state index in [0.29, 0.717) is 51.1 Å². The van der Waals surface area contributed by atoms with Gasteiger partial charge in [-0.15, -0.1) is 0 Å². The van der Waals surface area contributed by atoms with Crippen LogP contribution in [0.25, 0.3) is 100.0 Å². The normalized spacial score (nSPS) is 10.8. The smallest absolute Gasteiger partial charge is 0.872 e. The molecule has 0 aliphatic carbocycles. The number of nitrogens with zero attached hydrogens (tertiary/aromatic N) is 3. The summed E-state index contributed by atoms with van der Waals surface area (Å²) in [6.45, 7) is 5.67. The first kappa shape index (κ1) is 45.0. The van der Waals surface area contributed by atoms with Gasteiger partial charge in [0, 0.05) is 29.9 Å². The van der Waals surface area contributed by atoms with Gasteiger partial charge in [0.25, 0.3) is 0 Å². The molecule has 0 bridgehead atoms.